The number of amides is 1. The molecule has 6 aromatic rings. The van der Waals surface area contributed by atoms with Gasteiger partial charge in [0.1, 0.15) is 0 Å². The molecular weight excluding hydrogens is 961 g/mol. The van der Waals surface area contributed by atoms with Gasteiger partial charge in [0.25, 0.3) is 0 Å². The Hall–Kier alpha value is -5.89. The Labute approximate surface area is 433 Å². The SMILES string of the molecule is O=C(CN1CCOCC1)Nc1ccc2c(c1)Cc1cccc(-c3cc(N4CCOCC4)cc(=O)[nH]3)c1S2.O=c1cc(N2CCOCC2)cc(-c2cccc3c2Sc2ccc(NCCN4CCOCC4)cc2C3)[nH]1. The van der Waals surface area contributed by atoms with E-state index in [1.807, 2.05) is 12.1 Å². The van der Waals surface area contributed by atoms with Gasteiger partial charge >= 0.3 is 0 Å². The first-order valence-electron chi connectivity index (χ1n) is 25.5. The number of aromatic amines is 2. The van der Waals surface area contributed by atoms with Crippen LogP contribution in [0.2, 0.25) is 0 Å². The normalized spacial score (nSPS) is 17.8. The zero-order chi connectivity index (χ0) is 49.5. The number of ether oxygens (including phenoxy) is 4. The number of aromatic nitrogens is 2. The van der Waals surface area contributed by atoms with Crippen LogP contribution in [0.15, 0.2) is 126 Å². The molecule has 6 aliphatic heterocycles. The molecule has 380 valence electrons. The number of carbonyl (C=O) groups is 1. The quantitative estimate of drug-likeness (QED) is 0.106. The van der Waals surface area contributed by atoms with Gasteiger partial charge < -0.3 is 49.3 Å². The molecule has 6 aliphatic rings. The molecule has 0 radical (unpaired) electrons. The number of anilines is 4. The van der Waals surface area contributed by atoms with Gasteiger partial charge in [0, 0.05) is 131 Å². The van der Waals surface area contributed by atoms with Crippen molar-refractivity contribution in [2.45, 2.75) is 32.4 Å². The molecule has 2 aromatic heterocycles. The van der Waals surface area contributed by atoms with Crippen LogP contribution in [0.25, 0.3) is 22.5 Å². The van der Waals surface area contributed by atoms with Crippen molar-refractivity contribution in [3.63, 3.8) is 0 Å². The van der Waals surface area contributed by atoms with Crippen LogP contribution in [0, 0.1) is 0 Å². The molecule has 73 heavy (non-hydrogen) atoms. The third kappa shape index (κ3) is 12.1. The Morgan fingerprint density at radius 3 is 1.51 bits per heavy atom. The van der Waals surface area contributed by atoms with Gasteiger partial charge in [0.05, 0.1) is 70.8 Å². The minimum atomic E-state index is -0.102. The summed E-state index contributed by atoms with van der Waals surface area (Å²) in [6.07, 6.45) is 1.66. The Morgan fingerprint density at radius 1 is 0.521 bits per heavy atom. The molecule has 4 N–H and O–H groups in total. The fourth-order valence-corrected chi connectivity index (χ4v) is 12.6. The largest absolute Gasteiger partial charge is 0.384 e. The van der Waals surface area contributed by atoms with Crippen LogP contribution in [0.5, 0.6) is 0 Å². The van der Waals surface area contributed by atoms with E-state index in [-0.39, 0.29) is 17.0 Å². The first-order chi connectivity index (χ1) is 35.8. The molecule has 1 amide bonds. The van der Waals surface area contributed by atoms with Gasteiger partial charge in [-0.2, -0.15) is 0 Å². The predicted octanol–water partition coefficient (Wildman–Crippen LogP) is 6.88. The van der Waals surface area contributed by atoms with Gasteiger partial charge in [-0.1, -0.05) is 59.9 Å². The maximum absolute atomic E-state index is 12.6. The standard InChI is InChI=1S/C28H30N4O4S.C28H32N4O3S/c33-26-17-22(32-8-12-36-13-9-32)16-24(30-26)23-3-1-2-19-14-20-15-21(4-5-25(20)37-28(19)23)29-27(34)18-31-6-10-35-11-7-31;33-27-19-23(32-10-14-35-15-11-32)18-25(30-27)24-3-1-2-20-16-21-17-22(4-5-26(21)36-28(20)24)29-6-7-31-8-12-34-13-9-31/h1-5,15-17H,6-14,18H2,(H,29,34)(H,30,33);1-5,17-19,29H,6-16H2,(H,30,33). The van der Waals surface area contributed by atoms with E-state index < -0.39 is 0 Å². The van der Waals surface area contributed by atoms with Crippen molar-refractivity contribution in [3.05, 3.63) is 140 Å². The maximum Gasteiger partial charge on any atom is 0.250 e. The lowest BCUT2D eigenvalue weighted by atomic mass is 9.99. The second kappa shape index (κ2) is 23.1. The van der Waals surface area contributed by atoms with Gasteiger partial charge in [-0.25, -0.2) is 0 Å². The second-order valence-corrected chi connectivity index (χ2v) is 21.1. The van der Waals surface area contributed by atoms with Crippen LogP contribution >= 0.6 is 23.5 Å². The van der Waals surface area contributed by atoms with E-state index in [1.165, 1.54) is 37.7 Å². The third-order valence-corrected chi connectivity index (χ3v) is 16.7. The Morgan fingerprint density at radius 2 is 0.986 bits per heavy atom. The van der Waals surface area contributed by atoms with Crippen molar-refractivity contribution < 1.29 is 23.7 Å². The fraction of sp³-hybridized carbons (Fsp3) is 0.375. The van der Waals surface area contributed by atoms with E-state index in [0.29, 0.717) is 46.2 Å². The molecule has 0 saturated carbocycles. The van der Waals surface area contributed by atoms with Crippen molar-refractivity contribution in [2.75, 3.05) is 145 Å². The number of hydrogen-bond acceptors (Lipinski definition) is 14. The first-order valence-corrected chi connectivity index (χ1v) is 27.1. The average Bonchev–Trinajstić information content (AvgIpc) is 3.42. The highest BCUT2D eigenvalue weighted by atomic mass is 32.2. The lowest BCUT2D eigenvalue weighted by molar-refractivity contribution is -0.118. The number of benzene rings is 4. The minimum absolute atomic E-state index is 0.00268. The predicted molar refractivity (Wildman–Crippen MR) is 289 cm³/mol. The van der Waals surface area contributed by atoms with E-state index >= 15 is 0 Å². The van der Waals surface area contributed by atoms with Crippen LogP contribution in [0.3, 0.4) is 0 Å². The molecule has 4 fully saturated rings. The molecule has 0 bridgehead atoms. The molecule has 8 heterocycles. The summed E-state index contributed by atoms with van der Waals surface area (Å²) in [4.78, 5) is 57.7. The summed E-state index contributed by atoms with van der Waals surface area (Å²) in [5, 5.41) is 6.66. The molecular formula is C56H62N8O7S2. The number of fused-ring (bicyclic) bond motifs is 4. The molecule has 0 spiro atoms. The highest BCUT2D eigenvalue weighted by Crippen LogP contribution is 2.46. The van der Waals surface area contributed by atoms with Gasteiger partial charge in [-0.3, -0.25) is 24.2 Å². The minimum Gasteiger partial charge on any atom is -0.384 e. The van der Waals surface area contributed by atoms with Crippen molar-refractivity contribution in [2.24, 2.45) is 0 Å². The van der Waals surface area contributed by atoms with Crippen LogP contribution in [-0.4, -0.2) is 151 Å². The Bertz CT molecular complexity index is 3050. The number of nitrogens with one attached hydrogen (secondary N) is 4. The average molecular weight is 1020 g/mol. The fourth-order valence-electron chi connectivity index (χ4n) is 10.3. The number of pyridine rings is 2. The highest BCUT2D eigenvalue weighted by molar-refractivity contribution is 8.00. The third-order valence-electron chi connectivity index (χ3n) is 14.1. The molecule has 17 heteroatoms. The van der Waals surface area contributed by atoms with Crippen LogP contribution in [0.4, 0.5) is 22.7 Å². The molecule has 4 aromatic carbocycles. The summed E-state index contributed by atoms with van der Waals surface area (Å²) >= 11 is 3.52. The summed E-state index contributed by atoms with van der Waals surface area (Å²) in [5.41, 5.74) is 12.6. The lowest BCUT2D eigenvalue weighted by Gasteiger charge is -2.29. The number of nitrogens with zero attached hydrogens (tertiary/aromatic N) is 4. The van der Waals surface area contributed by atoms with Crippen molar-refractivity contribution in [1.82, 2.24) is 19.8 Å². The molecule has 12 rings (SSSR count). The second-order valence-electron chi connectivity index (χ2n) is 19.0. The summed E-state index contributed by atoms with van der Waals surface area (Å²) in [6, 6.07) is 33.1. The van der Waals surface area contributed by atoms with Crippen LogP contribution in [0.1, 0.15) is 22.3 Å². The molecule has 0 atom stereocenters. The van der Waals surface area contributed by atoms with Crippen LogP contribution in [-0.2, 0) is 36.6 Å². The van der Waals surface area contributed by atoms with E-state index in [0.717, 1.165) is 141 Å². The van der Waals surface area contributed by atoms with Gasteiger partial charge in [-0.05, 0) is 83.6 Å². The van der Waals surface area contributed by atoms with E-state index in [1.54, 1.807) is 35.7 Å². The highest BCUT2D eigenvalue weighted by Gasteiger charge is 2.25. The lowest BCUT2D eigenvalue weighted by Crippen LogP contribution is -2.41. The van der Waals surface area contributed by atoms with Crippen molar-refractivity contribution in [1.29, 1.82) is 0 Å². The van der Waals surface area contributed by atoms with Gasteiger partial charge in [0.15, 0.2) is 0 Å². The summed E-state index contributed by atoms with van der Waals surface area (Å²) in [5.74, 6) is -0.00268. The molecule has 4 saturated heterocycles. The first kappa shape index (κ1) is 49.3. The van der Waals surface area contributed by atoms with Gasteiger partial charge in [0.2, 0.25) is 17.0 Å². The number of carbonyl (C=O) groups excluding carboxylic acids is 1. The zero-order valence-electron chi connectivity index (χ0n) is 41.0. The van der Waals surface area contributed by atoms with E-state index in [4.69, 9.17) is 18.9 Å². The molecule has 0 aliphatic carbocycles. The zero-order valence-corrected chi connectivity index (χ0v) is 42.7. The van der Waals surface area contributed by atoms with Gasteiger partial charge in [-0.15, -0.1) is 0 Å². The van der Waals surface area contributed by atoms with E-state index in [2.05, 4.69) is 113 Å². The number of morpholine rings is 4. The monoisotopic (exact) mass is 1020 g/mol. The number of rotatable bonds is 11. The smallest absolute Gasteiger partial charge is 0.250 e. The Kier molecular flexibility index (Phi) is 15.6. The Balaban J connectivity index is 0.000000157. The summed E-state index contributed by atoms with van der Waals surface area (Å²) < 4.78 is 21.8. The number of hydrogen-bond donors (Lipinski definition) is 4. The topological polar surface area (TPSA) is 157 Å². The van der Waals surface area contributed by atoms with Crippen LogP contribution < -0.4 is 31.6 Å². The van der Waals surface area contributed by atoms with Crippen molar-refractivity contribution >= 4 is 52.2 Å². The maximum atomic E-state index is 12.6. The molecule has 15 nitrogen and oxygen atoms in total. The summed E-state index contributed by atoms with van der Waals surface area (Å²) in [7, 11) is 0. The van der Waals surface area contributed by atoms with E-state index in [9.17, 15) is 14.4 Å². The molecule has 0 unspecified atom stereocenters. The number of H-pyrrole nitrogens is 2. The van der Waals surface area contributed by atoms with Crippen molar-refractivity contribution in [3.8, 4) is 22.5 Å². The summed E-state index contributed by atoms with van der Waals surface area (Å²) in [6.45, 7) is 14.9.